The second-order valence-corrected chi connectivity index (χ2v) is 9.31. The van der Waals surface area contributed by atoms with Crippen molar-refractivity contribution in [3.05, 3.63) is 46.1 Å². The van der Waals surface area contributed by atoms with Crippen LogP contribution in [0.5, 0.6) is 0 Å². The fraction of sp³-hybridized carbons (Fsp3) is 0.560. The molecule has 34 heavy (non-hydrogen) atoms. The van der Waals surface area contributed by atoms with Crippen molar-refractivity contribution in [2.45, 2.75) is 40.2 Å². The summed E-state index contributed by atoms with van der Waals surface area (Å²) in [7, 11) is 0. The summed E-state index contributed by atoms with van der Waals surface area (Å²) < 4.78 is 5.43. The van der Waals surface area contributed by atoms with E-state index in [2.05, 4.69) is 10.2 Å². The molecule has 2 aliphatic heterocycles. The molecule has 9 heteroatoms. The van der Waals surface area contributed by atoms with E-state index in [4.69, 9.17) is 16.3 Å². The van der Waals surface area contributed by atoms with Gasteiger partial charge in [0.2, 0.25) is 5.91 Å². The number of urea groups is 1. The van der Waals surface area contributed by atoms with Gasteiger partial charge in [0, 0.05) is 55.9 Å². The molecule has 1 saturated heterocycles. The van der Waals surface area contributed by atoms with E-state index in [1.807, 2.05) is 31.7 Å². The fourth-order valence-electron chi connectivity index (χ4n) is 4.52. The lowest BCUT2D eigenvalue weighted by Gasteiger charge is -2.38. The number of esters is 1. The van der Waals surface area contributed by atoms with Crippen LogP contribution in [0.25, 0.3) is 0 Å². The number of likely N-dealkylation sites (N-methyl/N-ethyl adjacent to an activating group) is 1. The number of nitrogens with zero attached hydrogens (tertiary/aromatic N) is 3. The minimum Gasteiger partial charge on any atom is -0.463 e. The topological polar surface area (TPSA) is 82.2 Å². The van der Waals surface area contributed by atoms with Crippen LogP contribution >= 0.6 is 11.6 Å². The molecule has 1 N–H and O–H groups in total. The van der Waals surface area contributed by atoms with Gasteiger partial charge in [-0.2, -0.15) is 0 Å². The minimum absolute atomic E-state index is 0.0410. The number of rotatable bonds is 7. The fourth-order valence-corrected chi connectivity index (χ4v) is 4.72. The summed E-state index contributed by atoms with van der Waals surface area (Å²) in [5.74, 6) is -0.338. The van der Waals surface area contributed by atoms with Crippen LogP contribution in [0.3, 0.4) is 0 Å². The highest BCUT2D eigenvalue weighted by Crippen LogP contribution is 2.33. The Morgan fingerprint density at radius 2 is 1.94 bits per heavy atom. The SMILES string of the molecule is CCOC(=O)C1=C(CN2CCCN(C(=O)C(C)C)CC2)N(CC)C(=O)NC1c1cccc(Cl)c1. The van der Waals surface area contributed by atoms with E-state index in [1.165, 1.54) is 0 Å². The number of ether oxygens (including phenoxy) is 1. The molecular weight excluding hydrogens is 456 g/mol. The summed E-state index contributed by atoms with van der Waals surface area (Å²) in [4.78, 5) is 44.5. The third-order valence-electron chi connectivity index (χ3n) is 6.20. The Bertz CT molecular complexity index is 949. The highest BCUT2D eigenvalue weighted by molar-refractivity contribution is 6.30. The predicted molar refractivity (Wildman–Crippen MR) is 131 cm³/mol. The van der Waals surface area contributed by atoms with Crippen molar-refractivity contribution in [3.63, 3.8) is 0 Å². The van der Waals surface area contributed by atoms with Gasteiger partial charge in [-0.3, -0.25) is 14.6 Å². The molecule has 0 saturated carbocycles. The van der Waals surface area contributed by atoms with E-state index in [0.29, 0.717) is 49.0 Å². The van der Waals surface area contributed by atoms with Gasteiger partial charge in [-0.25, -0.2) is 9.59 Å². The Balaban J connectivity index is 1.97. The first kappa shape index (κ1) is 26.0. The molecule has 1 aromatic rings. The zero-order valence-corrected chi connectivity index (χ0v) is 21.2. The average Bonchev–Trinajstić information content (AvgIpc) is 3.04. The van der Waals surface area contributed by atoms with Gasteiger partial charge in [0.15, 0.2) is 0 Å². The maximum absolute atomic E-state index is 13.2. The number of hydrogen-bond donors (Lipinski definition) is 1. The number of hydrogen-bond acceptors (Lipinski definition) is 5. The third-order valence-corrected chi connectivity index (χ3v) is 6.43. The van der Waals surface area contributed by atoms with Gasteiger partial charge in [-0.05, 0) is 38.0 Å². The van der Waals surface area contributed by atoms with Gasteiger partial charge in [0.25, 0.3) is 0 Å². The molecule has 0 aliphatic carbocycles. The van der Waals surface area contributed by atoms with Gasteiger partial charge in [0.1, 0.15) is 0 Å². The number of carbonyl (C=O) groups is 3. The van der Waals surface area contributed by atoms with Crippen molar-refractivity contribution >= 4 is 29.5 Å². The average molecular weight is 491 g/mol. The Kier molecular flexibility index (Phi) is 8.97. The Hall–Kier alpha value is -2.58. The lowest BCUT2D eigenvalue weighted by molar-refractivity contribution is -0.139. The molecule has 8 nitrogen and oxygen atoms in total. The lowest BCUT2D eigenvalue weighted by atomic mass is 9.94. The first-order chi connectivity index (χ1) is 16.3. The lowest BCUT2D eigenvalue weighted by Crippen LogP contribution is -2.51. The zero-order chi connectivity index (χ0) is 24.8. The van der Waals surface area contributed by atoms with Gasteiger partial charge < -0.3 is 15.0 Å². The smallest absolute Gasteiger partial charge is 0.338 e. The molecule has 3 rings (SSSR count). The maximum Gasteiger partial charge on any atom is 0.338 e. The van der Waals surface area contributed by atoms with E-state index in [9.17, 15) is 14.4 Å². The van der Waals surface area contributed by atoms with Crippen LogP contribution in [0.4, 0.5) is 4.79 Å². The van der Waals surface area contributed by atoms with Crippen molar-refractivity contribution in [2.24, 2.45) is 5.92 Å². The molecule has 2 heterocycles. The largest absolute Gasteiger partial charge is 0.463 e. The highest BCUT2D eigenvalue weighted by Gasteiger charge is 2.38. The molecule has 0 bridgehead atoms. The summed E-state index contributed by atoms with van der Waals surface area (Å²) >= 11 is 6.22. The predicted octanol–water partition coefficient (Wildman–Crippen LogP) is 3.43. The number of benzene rings is 1. The van der Waals surface area contributed by atoms with E-state index < -0.39 is 12.0 Å². The van der Waals surface area contributed by atoms with Crippen molar-refractivity contribution in [1.29, 1.82) is 0 Å². The van der Waals surface area contributed by atoms with Crippen molar-refractivity contribution in [1.82, 2.24) is 20.0 Å². The number of nitrogens with one attached hydrogen (secondary N) is 1. The minimum atomic E-state index is -0.658. The molecule has 1 atom stereocenters. The van der Waals surface area contributed by atoms with E-state index >= 15 is 0 Å². The molecule has 3 amide bonds. The summed E-state index contributed by atoms with van der Waals surface area (Å²) in [6, 6.07) is 6.23. The third kappa shape index (κ3) is 5.91. The first-order valence-corrected chi connectivity index (χ1v) is 12.4. The van der Waals surface area contributed by atoms with Crippen LogP contribution in [0.2, 0.25) is 5.02 Å². The summed E-state index contributed by atoms with van der Waals surface area (Å²) in [5, 5.41) is 3.49. The molecule has 0 aromatic heterocycles. The van der Waals surface area contributed by atoms with Gasteiger partial charge in [-0.15, -0.1) is 0 Å². The van der Waals surface area contributed by atoms with Crippen LogP contribution in [-0.2, 0) is 14.3 Å². The van der Waals surface area contributed by atoms with Crippen molar-refractivity contribution < 1.29 is 19.1 Å². The molecule has 0 spiro atoms. The van der Waals surface area contributed by atoms with Crippen LogP contribution < -0.4 is 5.32 Å². The second kappa shape index (κ2) is 11.7. The normalized spacial score (nSPS) is 19.8. The van der Waals surface area contributed by atoms with Crippen LogP contribution in [0.1, 0.15) is 45.7 Å². The Morgan fingerprint density at radius 3 is 2.59 bits per heavy atom. The molecule has 1 aromatic carbocycles. The van der Waals surface area contributed by atoms with E-state index in [0.717, 1.165) is 18.5 Å². The number of carbonyl (C=O) groups excluding carboxylic acids is 3. The standard InChI is InChI=1S/C25H35ClN4O4/c1-5-30-20(16-28-11-8-12-29(14-13-28)23(31)17(3)4)21(24(32)34-6-2)22(27-25(30)33)18-9-7-10-19(26)15-18/h7,9-10,15,17,22H,5-6,8,11-14,16H2,1-4H3,(H,27,33). The first-order valence-electron chi connectivity index (χ1n) is 12.0. The van der Waals surface area contributed by atoms with Crippen LogP contribution in [0, 0.1) is 5.92 Å². The molecule has 1 fully saturated rings. The molecule has 1 unspecified atom stereocenters. The van der Waals surface area contributed by atoms with Crippen LogP contribution in [-0.4, -0.2) is 78.5 Å². The zero-order valence-electron chi connectivity index (χ0n) is 20.5. The van der Waals surface area contributed by atoms with E-state index in [-0.39, 0.29) is 24.5 Å². The summed E-state index contributed by atoms with van der Waals surface area (Å²) in [6.07, 6.45) is 0.830. The summed E-state index contributed by atoms with van der Waals surface area (Å²) in [6.45, 7) is 11.3. The Morgan fingerprint density at radius 1 is 1.18 bits per heavy atom. The second-order valence-electron chi connectivity index (χ2n) is 8.87. The molecular formula is C25H35ClN4O4. The molecule has 2 aliphatic rings. The van der Waals surface area contributed by atoms with Gasteiger partial charge in [-0.1, -0.05) is 37.6 Å². The maximum atomic E-state index is 13.2. The molecule has 0 radical (unpaired) electrons. The quantitative estimate of drug-likeness (QED) is 0.592. The highest BCUT2D eigenvalue weighted by atomic mass is 35.5. The Labute approximate surface area is 206 Å². The van der Waals surface area contributed by atoms with E-state index in [1.54, 1.807) is 30.0 Å². The summed E-state index contributed by atoms with van der Waals surface area (Å²) in [5.41, 5.74) is 1.78. The van der Waals surface area contributed by atoms with Crippen molar-refractivity contribution in [3.8, 4) is 0 Å². The van der Waals surface area contributed by atoms with Gasteiger partial charge >= 0.3 is 12.0 Å². The van der Waals surface area contributed by atoms with Crippen LogP contribution in [0.15, 0.2) is 35.5 Å². The number of halogens is 1. The number of amides is 3. The molecule has 186 valence electrons. The monoisotopic (exact) mass is 490 g/mol. The van der Waals surface area contributed by atoms with Gasteiger partial charge in [0.05, 0.1) is 18.2 Å². The van der Waals surface area contributed by atoms with Crippen molar-refractivity contribution in [2.75, 3.05) is 45.9 Å².